The van der Waals surface area contributed by atoms with Crippen molar-refractivity contribution in [2.45, 2.75) is 45.1 Å². The summed E-state index contributed by atoms with van der Waals surface area (Å²) in [6.45, 7) is 2.21. The van der Waals surface area contributed by atoms with E-state index in [1.807, 2.05) is 55.5 Å². The molecule has 3 aromatic rings. The number of nitrogens with two attached hydrogens (primary N) is 2. The predicted molar refractivity (Wildman–Crippen MR) is 139 cm³/mol. The topological polar surface area (TPSA) is 170 Å². The Kier molecular flexibility index (Phi) is 8.61. The molecular weight excluding hydrogens is 444 g/mol. The molecule has 9 heteroatoms. The third kappa shape index (κ3) is 6.92. The van der Waals surface area contributed by atoms with Gasteiger partial charge in [-0.15, -0.1) is 0 Å². The third-order valence-corrected chi connectivity index (χ3v) is 5.78. The van der Waals surface area contributed by atoms with Crippen molar-refractivity contribution < 1.29 is 14.7 Å². The number of carboxylic acid groups (broad SMARTS) is 1. The second kappa shape index (κ2) is 11.8. The molecule has 0 saturated heterocycles. The van der Waals surface area contributed by atoms with Gasteiger partial charge in [-0.1, -0.05) is 62.6 Å². The van der Waals surface area contributed by atoms with Gasteiger partial charge in [0.15, 0.2) is 0 Å². The number of hydrogen-bond acceptors (Lipinski definition) is 4. The zero-order valence-corrected chi connectivity index (χ0v) is 19.8. The monoisotopic (exact) mass is 476 g/mol. The SMILES string of the molecule is CCCCCC(NC(=O)CCN=C(N)c1ccc(-c2cc3ccc(C(=N)N)cc3[nH]2)cc1)C(=O)O. The molecule has 1 amide bonds. The van der Waals surface area contributed by atoms with Crippen LogP contribution >= 0.6 is 0 Å². The Labute approximate surface area is 204 Å². The second-order valence-corrected chi connectivity index (χ2v) is 8.45. The highest BCUT2D eigenvalue weighted by Gasteiger charge is 2.19. The maximum atomic E-state index is 12.1. The van der Waals surface area contributed by atoms with Crippen LogP contribution in [0.1, 0.15) is 50.2 Å². The fourth-order valence-corrected chi connectivity index (χ4v) is 3.76. The summed E-state index contributed by atoms with van der Waals surface area (Å²) in [5.41, 5.74) is 15.8. The summed E-state index contributed by atoms with van der Waals surface area (Å²) in [6, 6.07) is 14.3. The maximum absolute atomic E-state index is 12.1. The molecule has 0 saturated carbocycles. The van der Waals surface area contributed by atoms with Gasteiger partial charge in [-0.05, 0) is 24.1 Å². The number of nitrogen functional groups attached to an aromatic ring is 1. The van der Waals surface area contributed by atoms with Crippen LogP contribution in [0, 0.1) is 5.41 Å². The number of H-pyrrole nitrogens is 1. The Hall–Kier alpha value is -4.14. The number of benzene rings is 2. The van der Waals surface area contributed by atoms with E-state index in [9.17, 15) is 14.7 Å². The van der Waals surface area contributed by atoms with Gasteiger partial charge < -0.3 is 26.9 Å². The van der Waals surface area contributed by atoms with E-state index in [4.69, 9.17) is 16.9 Å². The first-order chi connectivity index (χ1) is 16.8. The molecule has 1 unspecified atom stereocenters. The van der Waals surface area contributed by atoms with Crippen molar-refractivity contribution in [3.63, 3.8) is 0 Å². The summed E-state index contributed by atoms with van der Waals surface area (Å²) in [4.78, 5) is 31.1. The van der Waals surface area contributed by atoms with Crippen molar-refractivity contribution in [3.05, 3.63) is 59.7 Å². The number of rotatable bonds is 12. The predicted octanol–water partition coefficient (Wildman–Crippen LogP) is 3.36. The molecule has 0 radical (unpaired) electrons. The fraction of sp³-hybridized carbons (Fsp3) is 0.308. The zero-order chi connectivity index (χ0) is 25.4. The number of carbonyl (C=O) groups excluding carboxylic acids is 1. The van der Waals surface area contributed by atoms with Crippen LogP contribution in [-0.2, 0) is 9.59 Å². The van der Waals surface area contributed by atoms with E-state index in [1.54, 1.807) is 0 Å². The molecule has 35 heavy (non-hydrogen) atoms. The molecule has 0 aliphatic heterocycles. The van der Waals surface area contributed by atoms with E-state index < -0.39 is 12.0 Å². The number of carbonyl (C=O) groups is 2. The summed E-state index contributed by atoms with van der Waals surface area (Å²) in [5, 5.41) is 20.5. The van der Waals surface area contributed by atoms with E-state index in [0.29, 0.717) is 17.8 Å². The molecule has 1 heterocycles. The molecule has 2 aromatic carbocycles. The van der Waals surface area contributed by atoms with Crippen LogP contribution in [0.25, 0.3) is 22.2 Å². The lowest BCUT2D eigenvalue weighted by Crippen LogP contribution is -2.40. The summed E-state index contributed by atoms with van der Waals surface area (Å²) in [7, 11) is 0. The number of aromatic amines is 1. The molecule has 184 valence electrons. The summed E-state index contributed by atoms with van der Waals surface area (Å²) < 4.78 is 0. The van der Waals surface area contributed by atoms with Gasteiger partial charge in [0.1, 0.15) is 17.7 Å². The molecule has 0 aliphatic carbocycles. The number of aliphatic imine (C=N–C) groups is 1. The Balaban J connectivity index is 1.58. The van der Waals surface area contributed by atoms with Gasteiger partial charge in [0.25, 0.3) is 0 Å². The lowest BCUT2D eigenvalue weighted by atomic mass is 10.1. The highest BCUT2D eigenvalue weighted by molar-refractivity contribution is 6.00. The number of aromatic nitrogens is 1. The van der Waals surface area contributed by atoms with Crippen molar-refractivity contribution in [2.24, 2.45) is 16.5 Å². The molecular formula is C26H32N6O3. The van der Waals surface area contributed by atoms with Crippen LogP contribution in [0.5, 0.6) is 0 Å². The Bertz CT molecular complexity index is 1230. The van der Waals surface area contributed by atoms with E-state index in [-0.39, 0.29) is 24.7 Å². The average molecular weight is 477 g/mol. The molecule has 3 rings (SSSR count). The fourth-order valence-electron chi connectivity index (χ4n) is 3.76. The van der Waals surface area contributed by atoms with Gasteiger partial charge >= 0.3 is 5.97 Å². The Morgan fingerprint density at radius 2 is 1.80 bits per heavy atom. The molecule has 1 aromatic heterocycles. The van der Waals surface area contributed by atoms with Gasteiger partial charge in [0.05, 0.1) is 6.54 Å². The largest absolute Gasteiger partial charge is 0.480 e. The number of fused-ring (bicyclic) bond motifs is 1. The maximum Gasteiger partial charge on any atom is 0.326 e. The van der Waals surface area contributed by atoms with E-state index >= 15 is 0 Å². The van der Waals surface area contributed by atoms with Gasteiger partial charge in [-0.3, -0.25) is 15.2 Å². The Morgan fingerprint density at radius 3 is 2.46 bits per heavy atom. The van der Waals surface area contributed by atoms with E-state index in [1.165, 1.54) is 0 Å². The molecule has 9 nitrogen and oxygen atoms in total. The molecule has 0 fully saturated rings. The number of aliphatic carboxylic acids is 1. The minimum Gasteiger partial charge on any atom is -0.480 e. The summed E-state index contributed by atoms with van der Waals surface area (Å²) >= 11 is 0. The lowest BCUT2D eigenvalue weighted by molar-refractivity contribution is -0.142. The van der Waals surface area contributed by atoms with Gasteiger partial charge in [-0.2, -0.15) is 0 Å². The van der Waals surface area contributed by atoms with Crippen molar-refractivity contribution >= 4 is 34.5 Å². The van der Waals surface area contributed by atoms with Crippen LogP contribution in [0.4, 0.5) is 0 Å². The summed E-state index contributed by atoms with van der Waals surface area (Å²) in [6.07, 6.45) is 3.15. The number of hydrogen-bond donors (Lipinski definition) is 6. The highest BCUT2D eigenvalue weighted by Crippen LogP contribution is 2.25. The van der Waals surface area contributed by atoms with Crippen LogP contribution < -0.4 is 16.8 Å². The average Bonchev–Trinajstić information content (AvgIpc) is 3.27. The minimum absolute atomic E-state index is 0.0216. The highest BCUT2D eigenvalue weighted by atomic mass is 16.4. The van der Waals surface area contributed by atoms with Crippen LogP contribution in [0.2, 0.25) is 0 Å². The number of nitrogens with zero attached hydrogens (tertiary/aromatic N) is 1. The van der Waals surface area contributed by atoms with Crippen molar-refractivity contribution in [1.82, 2.24) is 10.3 Å². The van der Waals surface area contributed by atoms with Crippen molar-refractivity contribution in [1.29, 1.82) is 5.41 Å². The third-order valence-electron chi connectivity index (χ3n) is 5.78. The van der Waals surface area contributed by atoms with Gasteiger partial charge in [-0.25, -0.2) is 4.79 Å². The second-order valence-electron chi connectivity index (χ2n) is 8.45. The van der Waals surface area contributed by atoms with E-state index in [2.05, 4.69) is 15.3 Å². The number of unbranched alkanes of at least 4 members (excludes halogenated alkanes) is 2. The normalized spacial score (nSPS) is 12.4. The van der Waals surface area contributed by atoms with Crippen molar-refractivity contribution in [2.75, 3.05) is 6.54 Å². The van der Waals surface area contributed by atoms with Crippen LogP contribution in [0.15, 0.2) is 53.5 Å². The molecule has 1 atom stereocenters. The molecule has 0 aliphatic rings. The van der Waals surface area contributed by atoms with E-state index in [0.717, 1.165) is 47.0 Å². The number of carboxylic acids is 1. The van der Waals surface area contributed by atoms with Gasteiger partial charge in [0.2, 0.25) is 5.91 Å². The first-order valence-electron chi connectivity index (χ1n) is 11.7. The number of amides is 1. The molecule has 0 spiro atoms. The van der Waals surface area contributed by atoms with Gasteiger partial charge in [0, 0.05) is 34.1 Å². The standard InChI is InChI=1S/C26H32N6O3/c1-2-3-4-5-20(26(34)35)32-23(33)12-13-30-25(29)17-8-6-16(7-9-17)21-14-18-10-11-19(24(27)28)15-22(18)31-21/h6-11,14-15,20,31H,2-5,12-13H2,1H3,(H3,27,28)(H2,29,30)(H,32,33)(H,34,35). The first kappa shape index (κ1) is 25.5. The van der Waals surface area contributed by atoms with Crippen molar-refractivity contribution in [3.8, 4) is 11.3 Å². The Morgan fingerprint density at radius 1 is 1.09 bits per heavy atom. The van der Waals surface area contributed by atoms with Crippen LogP contribution in [-0.4, -0.2) is 46.2 Å². The smallest absolute Gasteiger partial charge is 0.326 e. The molecule has 8 N–H and O–H groups in total. The number of nitrogens with one attached hydrogen (secondary N) is 3. The quantitative estimate of drug-likeness (QED) is 0.133. The minimum atomic E-state index is -1.02. The lowest BCUT2D eigenvalue weighted by Gasteiger charge is -2.14. The first-order valence-corrected chi connectivity index (χ1v) is 11.7. The number of amidine groups is 2. The zero-order valence-electron chi connectivity index (χ0n) is 19.8. The summed E-state index contributed by atoms with van der Waals surface area (Å²) in [5.74, 6) is -1.04. The molecule has 0 bridgehead atoms. The van der Waals surface area contributed by atoms with Crippen LogP contribution in [0.3, 0.4) is 0 Å².